The zero-order chi connectivity index (χ0) is 14.5. The molecular weight excluding hydrogens is 240 g/mol. The molecule has 0 spiro atoms. The van der Waals surface area contributed by atoms with Gasteiger partial charge in [-0.1, -0.05) is 33.6 Å². The minimum absolute atomic E-state index is 0.0456. The standard InChI is InChI=1S/C15H30N2O2/c1-5-13(19-12-8-6-7-9-12)14(18)17(4)11-15(2,3)10-16/h12-13H,5-11,16H2,1-4H3. The summed E-state index contributed by atoms with van der Waals surface area (Å²) < 4.78 is 5.97. The van der Waals surface area contributed by atoms with E-state index in [1.54, 1.807) is 4.90 Å². The third-order valence-corrected chi connectivity index (χ3v) is 3.90. The molecule has 4 nitrogen and oxygen atoms in total. The Balaban J connectivity index is 2.51. The van der Waals surface area contributed by atoms with Crippen molar-refractivity contribution >= 4 is 5.91 Å². The second-order valence-corrected chi connectivity index (χ2v) is 6.50. The summed E-state index contributed by atoms with van der Waals surface area (Å²) in [5.41, 5.74) is 5.68. The number of likely N-dealkylation sites (N-methyl/N-ethyl adjacent to an activating group) is 1. The van der Waals surface area contributed by atoms with Crippen LogP contribution in [0.3, 0.4) is 0 Å². The zero-order valence-electron chi connectivity index (χ0n) is 12.9. The fourth-order valence-corrected chi connectivity index (χ4v) is 2.62. The minimum Gasteiger partial charge on any atom is -0.365 e. The van der Waals surface area contributed by atoms with Crippen LogP contribution in [-0.4, -0.2) is 43.2 Å². The van der Waals surface area contributed by atoms with Crippen LogP contribution in [0.2, 0.25) is 0 Å². The van der Waals surface area contributed by atoms with Crippen LogP contribution in [0.1, 0.15) is 52.9 Å². The van der Waals surface area contributed by atoms with E-state index in [2.05, 4.69) is 13.8 Å². The van der Waals surface area contributed by atoms with E-state index in [0.29, 0.717) is 13.1 Å². The van der Waals surface area contributed by atoms with Gasteiger partial charge in [0.05, 0.1) is 6.10 Å². The summed E-state index contributed by atoms with van der Waals surface area (Å²) >= 11 is 0. The quantitative estimate of drug-likeness (QED) is 0.771. The average molecular weight is 270 g/mol. The van der Waals surface area contributed by atoms with E-state index in [9.17, 15) is 4.79 Å². The van der Waals surface area contributed by atoms with Gasteiger partial charge >= 0.3 is 0 Å². The van der Waals surface area contributed by atoms with Crippen molar-refractivity contribution in [3.05, 3.63) is 0 Å². The highest BCUT2D eigenvalue weighted by Crippen LogP contribution is 2.24. The van der Waals surface area contributed by atoms with Crippen LogP contribution in [0.15, 0.2) is 0 Å². The first kappa shape index (κ1) is 16.4. The summed E-state index contributed by atoms with van der Waals surface area (Å²) in [5.74, 6) is 0.0934. The number of rotatable bonds is 7. The normalized spacial score (nSPS) is 18.6. The van der Waals surface area contributed by atoms with Crippen molar-refractivity contribution in [2.24, 2.45) is 11.1 Å². The summed E-state index contributed by atoms with van der Waals surface area (Å²) in [6.45, 7) is 7.42. The summed E-state index contributed by atoms with van der Waals surface area (Å²) in [5, 5.41) is 0. The molecule has 1 rings (SSSR count). The smallest absolute Gasteiger partial charge is 0.251 e. The van der Waals surface area contributed by atoms with Crippen molar-refractivity contribution in [3.8, 4) is 0 Å². The van der Waals surface area contributed by atoms with E-state index >= 15 is 0 Å². The summed E-state index contributed by atoms with van der Waals surface area (Å²) in [4.78, 5) is 14.2. The first-order chi connectivity index (χ1) is 8.89. The molecule has 1 amide bonds. The number of hydrogen-bond donors (Lipinski definition) is 1. The molecule has 2 N–H and O–H groups in total. The number of nitrogens with two attached hydrogens (primary N) is 1. The molecule has 0 aliphatic heterocycles. The van der Waals surface area contributed by atoms with Gasteiger partial charge in [0, 0.05) is 13.6 Å². The van der Waals surface area contributed by atoms with Gasteiger partial charge in [0.15, 0.2) is 0 Å². The second-order valence-electron chi connectivity index (χ2n) is 6.50. The third kappa shape index (κ3) is 5.11. The molecule has 1 aliphatic rings. The maximum absolute atomic E-state index is 12.4. The molecule has 19 heavy (non-hydrogen) atoms. The Morgan fingerprint density at radius 1 is 1.42 bits per heavy atom. The van der Waals surface area contributed by atoms with E-state index in [1.807, 2.05) is 14.0 Å². The molecule has 0 heterocycles. The predicted octanol–water partition coefficient (Wildman–Crippen LogP) is 2.17. The lowest BCUT2D eigenvalue weighted by atomic mass is 9.93. The van der Waals surface area contributed by atoms with Gasteiger partial charge in [-0.2, -0.15) is 0 Å². The monoisotopic (exact) mass is 270 g/mol. The number of carbonyl (C=O) groups is 1. The Labute approximate surface area is 117 Å². The average Bonchev–Trinajstić information content (AvgIpc) is 2.87. The molecule has 1 atom stereocenters. The number of nitrogens with zero attached hydrogens (tertiary/aromatic N) is 1. The maximum Gasteiger partial charge on any atom is 0.251 e. The van der Waals surface area contributed by atoms with Gasteiger partial charge in [-0.05, 0) is 31.2 Å². The number of ether oxygens (including phenoxy) is 1. The molecule has 4 heteroatoms. The Kier molecular flexibility index (Phi) is 6.27. The van der Waals surface area contributed by atoms with Gasteiger partial charge in [-0.25, -0.2) is 0 Å². The van der Waals surface area contributed by atoms with Gasteiger partial charge in [-0.15, -0.1) is 0 Å². The van der Waals surface area contributed by atoms with E-state index in [-0.39, 0.29) is 23.5 Å². The van der Waals surface area contributed by atoms with Crippen LogP contribution >= 0.6 is 0 Å². The van der Waals surface area contributed by atoms with E-state index in [0.717, 1.165) is 19.3 Å². The molecule has 1 aliphatic carbocycles. The van der Waals surface area contributed by atoms with Crippen molar-refractivity contribution in [1.29, 1.82) is 0 Å². The molecule has 0 saturated heterocycles. The molecule has 0 bridgehead atoms. The van der Waals surface area contributed by atoms with Crippen LogP contribution in [0.5, 0.6) is 0 Å². The fraction of sp³-hybridized carbons (Fsp3) is 0.933. The second kappa shape index (κ2) is 7.25. The minimum atomic E-state index is -0.290. The highest BCUT2D eigenvalue weighted by molar-refractivity contribution is 5.80. The largest absolute Gasteiger partial charge is 0.365 e. The predicted molar refractivity (Wildman–Crippen MR) is 77.9 cm³/mol. The lowest BCUT2D eigenvalue weighted by Gasteiger charge is -2.32. The molecule has 1 fully saturated rings. The van der Waals surface area contributed by atoms with Crippen LogP contribution in [0.25, 0.3) is 0 Å². The van der Waals surface area contributed by atoms with E-state index in [4.69, 9.17) is 10.5 Å². The third-order valence-electron chi connectivity index (χ3n) is 3.90. The van der Waals surface area contributed by atoms with Gasteiger partial charge < -0.3 is 15.4 Å². The van der Waals surface area contributed by atoms with Crippen LogP contribution in [0.4, 0.5) is 0 Å². The summed E-state index contributed by atoms with van der Waals surface area (Å²) in [6, 6.07) is 0. The molecule has 0 aromatic heterocycles. The van der Waals surface area contributed by atoms with Gasteiger partial charge in [0.1, 0.15) is 6.10 Å². The summed E-state index contributed by atoms with van der Waals surface area (Å²) in [6.07, 6.45) is 5.38. The highest BCUT2D eigenvalue weighted by atomic mass is 16.5. The molecule has 1 unspecified atom stereocenters. The molecule has 0 aromatic rings. The fourth-order valence-electron chi connectivity index (χ4n) is 2.62. The SMILES string of the molecule is CCC(OC1CCCC1)C(=O)N(C)CC(C)(C)CN. The molecule has 112 valence electrons. The number of carbonyl (C=O) groups excluding carboxylic acids is 1. The Bertz CT molecular complexity index is 286. The van der Waals surface area contributed by atoms with Crippen molar-refractivity contribution in [1.82, 2.24) is 4.90 Å². The lowest BCUT2D eigenvalue weighted by Crippen LogP contribution is -2.45. The molecule has 0 aromatic carbocycles. The van der Waals surface area contributed by atoms with Gasteiger partial charge in [-0.3, -0.25) is 4.79 Å². The maximum atomic E-state index is 12.4. The van der Waals surface area contributed by atoms with Gasteiger partial charge in [0.2, 0.25) is 0 Å². The number of amides is 1. The van der Waals surface area contributed by atoms with Crippen LogP contribution < -0.4 is 5.73 Å². The van der Waals surface area contributed by atoms with Crippen molar-refractivity contribution in [3.63, 3.8) is 0 Å². The first-order valence-electron chi connectivity index (χ1n) is 7.50. The topological polar surface area (TPSA) is 55.6 Å². The van der Waals surface area contributed by atoms with Crippen molar-refractivity contribution in [2.75, 3.05) is 20.1 Å². The Hall–Kier alpha value is -0.610. The summed E-state index contributed by atoms with van der Waals surface area (Å²) in [7, 11) is 1.85. The lowest BCUT2D eigenvalue weighted by molar-refractivity contribution is -0.147. The Morgan fingerprint density at radius 2 is 2.00 bits per heavy atom. The van der Waals surface area contributed by atoms with E-state index in [1.165, 1.54) is 12.8 Å². The molecule has 0 radical (unpaired) electrons. The van der Waals surface area contributed by atoms with E-state index < -0.39 is 0 Å². The van der Waals surface area contributed by atoms with Crippen molar-refractivity contribution in [2.45, 2.75) is 65.1 Å². The van der Waals surface area contributed by atoms with Gasteiger partial charge in [0.25, 0.3) is 5.91 Å². The first-order valence-corrected chi connectivity index (χ1v) is 7.50. The molecular formula is C15H30N2O2. The highest BCUT2D eigenvalue weighted by Gasteiger charge is 2.29. The number of hydrogen-bond acceptors (Lipinski definition) is 3. The van der Waals surface area contributed by atoms with Crippen molar-refractivity contribution < 1.29 is 9.53 Å². The van der Waals surface area contributed by atoms with Crippen LogP contribution in [0, 0.1) is 5.41 Å². The van der Waals surface area contributed by atoms with Crippen LogP contribution in [-0.2, 0) is 9.53 Å². The Morgan fingerprint density at radius 3 is 2.47 bits per heavy atom. The molecule has 1 saturated carbocycles. The zero-order valence-corrected chi connectivity index (χ0v) is 12.9.